The van der Waals surface area contributed by atoms with Gasteiger partial charge in [-0.15, -0.1) is 0 Å². The van der Waals surface area contributed by atoms with Crippen LogP contribution in [0.1, 0.15) is 60.2 Å². The van der Waals surface area contributed by atoms with Gasteiger partial charge in [-0.3, -0.25) is 4.79 Å². The average Bonchev–Trinajstić information content (AvgIpc) is 2.71. The van der Waals surface area contributed by atoms with Crippen LogP contribution in [0.5, 0.6) is 0 Å². The molecule has 1 aromatic carbocycles. The molecule has 154 valence electrons. The van der Waals surface area contributed by atoms with Crippen molar-refractivity contribution in [3.8, 4) is 12.1 Å². The Morgan fingerprint density at radius 3 is 2.47 bits per heavy atom. The average molecular weight is 423 g/mol. The summed E-state index contributed by atoms with van der Waals surface area (Å²) in [6, 6.07) is 10.0. The molecule has 0 aliphatic heterocycles. The molecule has 8 nitrogen and oxygen atoms in total. The molecular formula is C21H21N5O3S. The summed E-state index contributed by atoms with van der Waals surface area (Å²) >= 11 is 1.09. The maximum absolute atomic E-state index is 12.8. The normalized spacial score (nSPS) is 11.4. The van der Waals surface area contributed by atoms with Gasteiger partial charge in [0.1, 0.15) is 23.0 Å². The summed E-state index contributed by atoms with van der Waals surface area (Å²) < 4.78 is 0. The number of thioether (sulfide) groups is 1. The van der Waals surface area contributed by atoms with Gasteiger partial charge in [0.05, 0.1) is 21.9 Å². The molecule has 0 saturated carbocycles. The van der Waals surface area contributed by atoms with Gasteiger partial charge < -0.3 is 16.2 Å². The molecule has 0 saturated heterocycles. The molecule has 1 atom stereocenters. The number of pyridine rings is 1. The van der Waals surface area contributed by atoms with Crippen LogP contribution in [0.15, 0.2) is 29.3 Å². The molecule has 1 amide bonds. The summed E-state index contributed by atoms with van der Waals surface area (Å²) in [6.45, 7) is 5.52. The number of nitrogens with zero attached hydrogens (tertiary/aromatic N) is 3. The number of carbonyl (C=O) groups excluding carboxylic acids is 1. The topological polar surface area (TPSA) is 153 Å². The van der Waals surface area contributed by atoms with Crippen LogP contribution in [0, 0.1) is 22.7 Å². The Labute approximate surface area is 178 Å². The van der Waals surface area contributed by atoms with E-state index in [1.165, 1.54) is 12.1 Å². The van der Waals surface area contributed by atoms with Gasteiger partial charge in [0.15, 0.2) is 0 Å². The first-order valence-electron chi connectivity index (χ1n) is 9.17. The molecule has 1 unspecified atom stereocenters. The highest BCUT2D eigenvalue weighted by Crippen LogP contribution is 2.35. The fourth-order valence-electron chi connectivity index (χ4n) is 2.90. The van der Waals surface area contributed by atoms with Crippen LogP contribution in [-0.4, -0.2) is 27.2 Å². The lowest BCUT2D eigenvalue weighted by atomic mass is 9.94. The fraction of sp³-hybridized carbons (Fsp3) is 0.286. The molecule has 1 heterocycles. The van der Waals surface area contributed by atoms with Crippen LogP contribution in [-0.2, 0) is 4.79 Å². The summed E-state index contributed by atoms with van der Waals surface area (Å²) in [5.74, 6) is -1.56. The highest BCUT2D eigenvalue weighted by Gasteiger charge is 2.26. The summed E-state index contributed by atoms with van der Waals surface area (Å²) in [6.07, 6.45) is 0.429. The van der Waals surface area contributed by atoms with Gasteiger partial charge in [-0.25, -0.2) is 9.78 Å². The fourth-order valence-corrected chi connectivity index (χ4v) is 3.92. The molecule has 9 heteroatoms. The number of nitrogens with one attached hydrogen (secondary N) is 1. The van der Waals surface area contributed by atoms with E-state index in [1.807, 2.05) is 26.8 Å². The van der Waals surface area contributed by atoms with Gasteiger partial charge in [0.2, 0.25) is 5.91 Å². The number of carboxylic acid groups (broad SMARTS) is 1. The number of amides is 1. The van der Waals surface area contributed by atoms with Gasteiger partial charge in [-0.05, 0) is 36.1 Å². The van der Waals surface area contributed by atoms with Crippen LogP contribution in [0.2, 0.25) is 0 Å². The maximum atomic E-state index is 12.8. The Hall–Kier alpha value is -3.56. The second-order valence-electron chi connectivity index (χ2n) is 6.73. The van der Waals surface area contributed by atoms with E-state index in [-0.39, 0.29) is 34.3 Å². The number of nitrogen functional groups attached to an aromatic ring is 1. The number of benzene rings is 1. The van der Waals surface area contributed by atoms with Crippen molar-refractivity contribution in [3.63, 3.8) is 0 Å². The predicted molar refractivity (Wildman–Crippen MR) is 114 cm³/mol. The highest BCUT2D eigenvalue weighted by atomic mass is 32.2. The molecule has 4 N–H and O–H groups in total. The minimum atomic E-state index is -1.09. The Balaban J connectivity index is 2.37. The number of rotatable bonds is 7. The lowest BCUT2D eigenvalue weighted by molar-refractivity contribution is -0.115. The number of anilines is 2. The SMILES string of the molecule is CCC(Sc1nc(N)c(C#N)c(C(C)C)c1C#N)C(=O)Nc1cccc(C(=O)O)c1. The third-order valence-corrected chi connectivity index (χ3v) is 5.68. The summed E-state index contributed by atoms with van der Waals surface area (Å²) in [4.78, 5) is 28.1. The first kappa shape index (κ1) is 22.7. The Morgan fingerprint density at radius 2 is 1.93 bits per heavy atom. The zero-order chi connectivity index (χ0) is 22.4. The molecule has 0 aliphatic carbocycles. The monoisotopic (exact) mass is 423 g/mol. The second-order valence-corrected chi connectivity index (χ2v) is 7.93. The van der Waals surface area contributed by atoms with Crippen molar-refractivity contribution in [1.29, 1.82) is 10.5 Å². The Morgan fingerprint density at radius 1 is 1.27 bits per heavy atom. The third kappa shape index (κ3) is 4.88. The zero-order valence-electron chi connectivity index (χ0n) is 16.8. The lowest BCUT2D eigenvalue weighted by Crippen LogP contribution is -2.25. The number of hydrogen-bond donors (Lipinski definition) is 3. The zero-order valence-corrected chi connectivity index (χ0v) is 17.6. The van der Waals surface area contributed by atoms with Gasteiger partial charge in [-0.1, -0.05) is 38.6 Å². The van der Waals surface area contributed by atoms with Gasteiger partial charge >= 0.3 is 5.97 Å². The molecular weight excluding hydrogens is 402 g/mol. The lowest BCUT2D eigenvalue weighted by Gasteiger charge is -2.18. The van der Waals surface area contributed by atoms with E-state index in [2.05, 4.69) is 16.4 Å². The Bertz CT molecular complexity index is 1070. The smallest absolute Gasteiger partial charge is 0.335 e. The molecule has 30 heavy (non-hydrogen) atoms. The minimum absolute atomic E-state index is 0.0205. The number of aromatic carboxylic acids is 1. The van der Waals surface area contributed by atoms with E-state index in [4.69, 9.17) is 10.8 Å². The van der Waals surface area contributed by atoms with Crippen LogP contribution >= 0.6 is 11.8 Å². The van der Waals surface area contributed by atoms with Crippen molar-refractivity contribution in [1.82, 2.24) is 4.98 Å². The quantitative estimate of drug-likeness (QED) is 0.569. The van der Waals surface area contributed by atoms with Crippen LogP contribution < -0.4 is 11.1 Å². The molecule has 0 spiro atoms. The Kier molecular flexibility index (Phi) is 7.40. The number of nitriles is 2. The van der Waals surface area contributed by atoms with Crippen molar-refractivity contribution < 1.29 is 14.7 Å². The number of carboxylic acids is 1. The molecule has 2 aromatic rings. The van der Waals surface area contributed by atoms with E-state index in [1.54, 1.807) is 12.1 Å². The van der Waals surface area contributed by atoms with Crippen molar-refractivity contribution in [3.05, 3.63) is 46.5 Å². The summed E-state index contributed by atoms with van der Waals surface area (Å²) in [7, 11) is 0. The van der Waals surface area contributed by atoms with Gasteiger partial charge in [-0.2, -0.15) is 10.5 Å². The van der Waals surface area contributed by atoms with Crippen LogP contribution in [0.4, 0.5) is 11.5 Å². The number of nitrogens with two attached hydrogens (primary N) is 1. The first-order chi connectivity index (χ1) is 14.2. The van der Waals surface area contributed by atoms with E-state index >= 15 is 0 Å². The molecule has 0 radical (unpaired) electrons. The van der Waals surface area contributed by atoms with E-state index in [0.29, 0.717) is 22.7 Å². The van der Waals surface area contributed by atoms with E-state index in [0.717, 1.165) is 11.8 Å². The van der Waals surface area contributed by atoms with Gasteiger partial charge in [0.25, 0.3) is 0 Å². The van der Waals surface area contributed by atoms with Crippen LogP contribution in [0.25, 0.3) is 0 Å². The highest BCUT2D eigenvalue weighted by molar-refractivity contribution is 8.00. The second kappa shape index (κ2) is 9.77. The molecule has 1 aromatic heterocycles. The van der Waals surface area contributed by atoms with Crippen molar-refractivity contribution in [2.24, 2.45) is 0 Å². The maximum Gasteiger partial charge on any atom is 0.335 e. The molecule has 0 fully saturated rings. The van der Waals surface area contributed by atoms with Crippen molar-refractivity contribution >= 4 is 35.1 Å². The first-order valence-corrected chi connectivity index (χ1v) is 10.1. The molecule has 0 bridgehead atoms. The number of carbonyl (C=O) groups is 2. The third-order valence-electron chi connectivity index (χ3n) is 4.33. The molecule has 0 aliphatic rings. The number of hydrogen-bond acceptors (Lipinski definition) is 7. The van der Waals surface area contributed by atoms with Crippen LogP contribution in [0.3, 0.4) is 0 Å². The minimum Gasteiger partial charge on any atom is -0.478 e. The summed E-state index contributed by atoms with van der Waals surface area (Å²) in [5.41, 5.74) is 7.28. The van der Waals surface area contributed by atoms with Crippen molar-refractivity contribution in [2.75, 3.05) is 11.1 Å². The summed E-state index contributed by atoms with van der Waals surface area (Å²) in [5, 5.41) is 30.6. The largest absolute Gasteiger partial charge is 0.478 e. The van der Waals surface area contributed by atoms with Gasteiger partial charge in [0, 0.05) is 5.69 Å². The standard InChI is InChI=1S/C21H21N5O3S/c1-4-16(19(27)25-13-7-5-6-12(8-13)21(28)29)30-20-15(10-23)17(11(2)3)14(9-22)18(24)26-20/h5-8,11,16H,4H2,1-3H3,(H2,24,26)(H,25,27)(H,28,29). The molecule has 2 rings (SSSR count). The van der Waals surface area contributed by atoms with E-state index < -0.39 is 11.2 Å². The number of aromatic nitrogens is 1. The van der Waals surface area contributed by atoms with E-state index in [9.17, 15) is 20.1 Å². The van der Waals surface area contributed by atoms with Crippen molar-refractivity contribution in [2.45, 2.75) is 43.4 Å². The predicted octanol–water partition coefficient (Wildman–Crippen LogP) is 3.74.